The van der Waals surface area contributed by atoms with Gasteiger partial charge in [-0.25, -0.2) is 8.42 Å². The minimum Gasteiger partial charge on any atom is -0.741 e. The van der Waals surface area contributed by atoms with Crippen molar-refractivity contribution in [3.8, 4) is 0 Å². The molecule has 0 atom stereocenters. The second-order valence-electron chi connectivity index (χ2n) is 3.80. The van der Waals surface area contributed by atoms with E-state index in [0.717, 1.165) is 13.0 Å². The molecule has 118 valence electrons. The van der Waals surface area contributed by atoms with Gasteiger partial charge in [0.15, 0.2) is 15.8 Å². The summed E-state index contributed by atoms with van der Waals surface area (Å²) in [7, 11) is -6.09. The van der Waals surface area contributed by atoms with Gasteiger partial charge in [0.1, 0.15) is 6.54 Å². The van der Waals surface area contributed by atoms with Crippen molar-refractivity contribution in [1.29, 1.82) is 0 Å². The highest BCUT2D eigenvalue weighted by Crippen LogP contribution is 2.20. The lowest BCUT2D eigenvalue weighted by atomic mass is 10.3. The summed E-state index contributed by atoms with van der Waals surface area (Å²) in [5.74, 6) is 0. The Labute approximate surface area is 119 Å². The van der Waals surface area contributed by atoms with Crippen molar-refractivity contribution >= 4 is 21.5 Å². The van der Waals surface area contributed by atoms with Gasteiger partial charge in [-0.15, -0.1) is 0 Å². The summed E-state index contributed by atoms with van der Waals surface area (Å²) in [5.41, 5.74) is -2.19. The first-order chi connectivity index (χ1) is 9.04. The summed E-state index contributed by atoms with van der Waals surface area (Å²) >= 11 is 1.74. The lowest BCUT2D eigenvalue weighted by Crippen LogP contribution is -2.34. The Morgan fingerprint density at radius 3 is 2.30 bits per heavy atom. The fraction of sp³-hybridized carbons (Fsp3) is 0.700. The monoisotopic (exact) mass is 335 g/mol. The van der Waals surface area contributed by atoms with E-state index >= 15 is 0 Å². The van der Waals surface area contributed by atoms with Crippen LogP contribution >= 0.6 is 11.3 Å². The van der Waals surface area contributed by atoms with Crippen LogP contribution in [-0.4, -0.2) is 30.2 Å². The van der Waals surface area contributed by atoms with Crippen molar-refractivity contribution in [2.45, 2.75) is 38.7 Å². The van der Waals surface area contributed by atoms with Crippen molar-refractivity contribution in [3.63, 3.8) is 0 Å². The molecule has 0 amide bonds. The van der Waals surface area contributed by atoms with E-state index < -0.39 is 15.6 Å². The Morgan fingerprint density at radius 2 is 1.95 bits per heavy atom. The van der Waals surface area contributed by atoms with E-state index in [1.54, 1.807) is 11.3 Å². The average Bonchev–Trinajstić information content (AvgIpc) is 2.61. The van der Waals surface area contributed by atoms with Gasteiger partial charge in [-0.2, -0.15) is 17.7 Å². The highest BCUT2D eigenvalue weighted by atomic mass is 32.2. The van der Waals surface area contributed by atoms with Crippen molar-refractivity contribution in [3.05, 3.63) is 16.1 Å². The van der Waals surface area contributed by atoms with Crippen LogP contribution in [0, 0.1) is 6.92 Å². The zero-order valence-electron chi connectivity index (χ0n) is 11.0. The second-order valence-corrected chi connectivity index (χ2v) is 6.11. The normalized spacial score (nSPS) is 11.9. The molecule has 0 radical (unpaired) electrons. The van der Waals surface area contributed by atoms with Crippen molar-refractivity contribution < 1.29 is 35.8 Å². The molecule has 5 nitrogen and oxygen atoms in total. The molecular formula is C10H16F3NO4S2. The number of aromatic nitrogens is 1. The van der Waals surface area contributed by atoms with Crippen LogP contribution in [0.25, 0.3) is 0 Å². The summed E-state index contributed by atoms with van der Waals surface area (Å²) < 4.78 is 61.2. The smallest absolute Gasteiger partial charge is 0.485 e. The Morgan fingerprint density at radius 1 is 1.45 bits per heavy atom. The third-order valence-corrected chi connectivity index (χ3v) is 3.95. The van der Waals surface area contributed by atoms with Crippen LogP contribution in [0.2, 0.25) is 0 Å². The largest absolute Gasteiger partial charge is 0.741 e. The predicted octanol–water partition coefficient (Wildman–Crippen LogP) is 1.34. The average molecular weight is 335 g/mol. The molecule has 0 unspecified atom stereocenters. The van der Waals surface area contributed by atoms with E-state index in [0.29, 0.717) is 0 Å². The number of hydrogen-bond acceptors (Lipinski definition) is 5. The fourth-order valence-corrected chi connectivity index (χ4v) is 2.27. The molecule has 0 fully saturated rings. The third kappa shape index (κ3) is 6.16. The molecule has 10 heteroatoms. The SMILES string of the molecule is CCC[n+]1csc(CCO)c1C.O=S(=O)([O-])C(F)(F)F. The molecule has 1 aromatic rings. The lowest BCUT2D eigenvalue weighted by molar-refractivity contribution is -0.698. The number of hydrogen-bond donors (Lipinski definition) is 1. The number of aliphatic hydroxyl groups excluding tert-OH is 1. The quantitative estimate of drug-likeness (QED) is 0.511. The highest BCUT2D eigenvalue weighted by Gasteiger charge is 2.36. The standard InChI is InChI=1S/C9H16NOS.CHF3O3S/c1-3-5-10-7-12-9(4-6-11)8(10)2;2-1(3,4)8(5,6)7/h7,11H,3-6H2,1-2H3;(H,5,6,7)/q+1;/p-1. The first kappa shape index (κ1) is 19.3. The van der Waals surface area contributed by atoms with E-state index in [4.69, 9.17) is 18.1 Å². The van der Waals surface area contributed by atoms with E-state index in [1.165, 1.54) is 17.0 Å². The van der Waals surface area contributed by atoms with Crippen molar-refractivity contribution in [1.82, 2.24) is 0 Å². The Hall–Kier alpha value is -0.710. The Balaban J connectivity index is 0.000000396. The molecule has 0 aliphatic rings. The molecule has 0 saturated carbocycles. The third-order valence-electron chi connectivity index (χ3n) is 2.24. The number of nitrogens with zero attached hydrogens (tertiary/aromatic N) is 1. The van der Waals surface area contributed by atoms with Crippen LogP contribution in [0.1, 0.15) is 23.9 Å². The zero-order chi connectivity index (χ0) is 16.0. The minimum absolute atomic E-state index is 0.257. The predicted molar refractivity (Wildman–Crippen MR) is 66.1 cm³/mol. The summed E-state index contributed by atoms with van der Waals surface area (Å²) in [4.78, 5) is 1.31. The zero-order valence-corrected chi connectivity index (χ0v) is 12.6. The van der Waals surface area contributed by atoms with Gasteiger partial charge in [0, 0.05) is 26.4 Å². The molecular weight excluding hydrogens is 319 g/mol. The van der Waals surface area contributed by atoms with Gasteiger partial charge >= 0.3 is 5.51 Å². The maximum atomic E-state index is 10.7. The van der Waals surface area contributed by atoms with Gasteiger partial charge in [-0.05, 0) is 0 Å². The number of aliphatic hydroxyl groups is 1. The van der Waals surface area contributed by atoms with Crippen LogP contribution in [0.15, 0.2) is 5.51 Å². The van der Waals surface area contributed by atoms with Gasteiger partial charge in [-0.3, -0.25) is 0 Å². The lowest BCUT2D eigenvalue weighted by Gasteiger charge is -2.08. The van der Waals surface area contributed by atoms with E-state index in [2.05, 4.69) is 23.9 Å². The molecule has 0 aliphatic carbocycles. The molecule has 1 N–H and O–H groups in total. The molecule has 1 rings (SSSR count). The molecule has 0 bridgehead atoms. The Bertz CT molecular complexity index is 488. The van der Waals surface area contributed by atoms with Crippen LogP contribution < -0.4 is 4.57 Å². The van der Waals surface area contributed by atoms with Crippen LogP contribution in [-0.2, 0) is 23.1 Å². The van der Waals surface area contributed by atoms with Gasteiger partial charge in [-0.1, -0.05) is 18.3 Å². The maximum Gasteiger partial charge on any atom is 0.485 e. The molecule has 0 spiro atoms. The first-order valence-electron chi connectivity index (χ1n) is 5.64. The first-order valence-corrected chi connectivity index (χ1v) is 7.92. The molecule has 1 heterocycles. The number of rotatable bonds is 4. The number of alkyl halides is 3. The molecule has 0 saturated heterocycles. The van der Waals surface area contributed by atoms with Crippen molar-refractivity contribution in [2.24, 2.45) is 0 Å². The number of aryl methyl sites for hydroxylation is 1. The highest BCUT2D eigenvalue weighted by molar-refractivity contribution is 7.86. The minimum atomic E-state index is -6.09. The number of halogens is 3. The van der Waals surface area contributed by atoms with Crippen molar-refractivity contribution in [2.75, 3.05) is 6.61 Å². The maximum absolute atomic E-state index is 10.7. The second kappa shape index (κ2) is 7.91. The van der Waals surface area contributed by atoms with Gasteiger partial charge in [0.2, 0.25) is 5.51 Å². The summed E-state index contributed by atoms with van der Waals surface area (Å²) in [6.07, 6.45) is 1.97. The summed E-state index contributed by atoms with van der Waals surface area (Å²) in [6, 6.07) is 0. The topological polar surface area (TPSA) is 81.3 Å². The molecule has 0 aliphatic heterocycles. The Kier molecular flexibility index (Phi) is 7.63. The van der Waals surface area contributed by atoms with Gasteiger partial charge in [0.05, 0.1) is 4.88 Å². The van der Waals surface area contributed by atoms with Gasteiger partial charge < -0.3 is 9.66 Å². The molecule has 20 heavy (non-hydrogen) atoms. The number of thiazole rings is 1. The summed E-state index contributed by atoms with van der Waals surface area (Å²) in [6.45, 7) is 5.65. The molecule has 0 aromatic carbocycles. The van der Waals surface area contributed by atoms with E-state index in [1.807, 2.05) is 0 Å². The van der Waals surface area contributed by atoms with E-state index in [9.17, 15) is 13.2 Å². The summed E-state index contributed by atoms with van der Waals surface area (Å²) in [5, 5.41) is 8.78. The fourth-order valence-electron chi connectivity index (χ4n) is 1.25. The van der Waals surface area contributed by atoms with Gasteiger partial charge in [0.25, 0.3) is 0 Å². The van der Waals surface area contributed by atoms with Crippen LogP contribution in [0.5, 0.6) is 0 Å². The van der Waals surface area contributed by atoms with E-state index in [-0.39, 0.29) is 6.61 Å². The molecule has 1 aromatic heterocycles. The van der Waals surface area contributed by atoms with Crippen LogP contribution in [0.3, 0.4) is 0 Å². The van der Waals surface area contributed by atoms with Crippen LogP contribution in [0.4, 0.5) is 13.2 Å².